The summed E-state index contributed by atoms with van der Waals surface area (Å²) in [6.07, 6.45) is -2.07. The average molecular weight is 462 g/mol. The van der Waals surface area contributed by atoms with Gasteiger partial charge >= 0.3 is 0 Å². The van der Waals surface area contributed by atoms with Crippen LogP contribution in [-0.4, -0.2) is 53.4 Å². The summed E-state index contributed by atoms with van der Waals surface area (Å²) in [5.41, 5.74) is -1.24. The first kappa shape index (κ1) is 17.6. The number of nitriles is 1. The molecule has 1 unspecified atom stereocenters. The lowest BCUT2D eigenvalue weighted by Crippen LogP contribution is -2.32. The van der Waals surface area contributed by atoms with Crippen molar-refractivity contribution in [1.82, 2.24) is 4.90 Å². The molecule has 0 aliphatic carbocycles. The summed E-state index contributed by atoms with van der Waals surface area (Å²) in [6, 6.07) is 5.88. The third-order valence-corrected chi connectivity index (χ3v) is 5.62. The van der Waals surface area contributed by atoms with E-state index < -0.39 is 18.3 Å². The van der Waals surface area contributed by atoms with Gasteiger partial charge < -0.3 is 23.8 Å². The summed E-state index contributed by atoms with van der Waals surface area (Å²) in [7, 11) is 6.99. The molecule has 2 aromatic rings. The van der Waals surface area contributed by atoms with Crippen molar-refractivity contribution < 1.29 is 28.5 Å². The van der Waals surface area contributed by atoms with Gasteiger partial charge in [0.15, 0.2) is 23.0 Å². The predicted molar refractivity (Wildman–Crippen MR) is 132 cm³/mol. The Hall–Kier alpha value is -2.91. The van der Waals surface area contributed by atoms with Crippen LogP contribution in [-0.2, 0) is 11.8 Å². The van der Waals surface area contributed by atoms with Gasteiger partial charge in [-0.15, -0.1) is 0 Å². The van der Waals surface area contributed by atoms with Crippen molar-refractivity contribution in [2.45, 2.75) is 38.5 Å². The largest absolute Gasteiger partial charge is 0.493 e. The zero-order chi connectivity index (χ0) is 30.6. The third-order valence-electron chi connectivity index (χ3n) is 5.62. The fourth-order valence-corrected chi connectivity index (χ4v) is 3.56. The maximum Gasteiger partial charge on any atom is 0.161 e. The second-order valence-electron chi connectivity index (χ2n) is 7.89. The van der Waals surface area contributed by atoms with Gasteiger partial charge in [-0.3, -0.25) is 0 Å². The van der Waals surface area contributed by atoms with Crippen LogP contribution in [0.25, 0.3) is 0 Å². The molecule has 0 aromatic heterocycles. The Morgan fingerprint density at radius 2 is 1.70 bits per heavy atom. The molecule has 0 aliphatic rings. The minimum absolute atomic E-state index is 0.0321. The minimum Gasteiger partial charge on any atom is -0.493 e. The summed E-state index contributed by atoms with van der Waals surface area (Å²) in [5, 5.41) is 10.4. The van der Waals surface area contributed by atoms with Crippen LogP contribution in [0.5, 0.6) is 23.0 Å². The lowest BCUT2D eigenvalue weighted by molar-refractivity contribution is 0.292. The molecule has 6 nitrogen and oxygen atoms in total. The summed E-state index contributed by atoms with van der Waals surface area (Å²) in [5.74, 6) is 0.214. The van der Waals surface area contributed by atoms with Crippen molar-refractivity contribution in [3.05, 3.63) is 47.5 Å². The molecule has 0 aliphatic heterocycles. The molecule has 2 rings (SSSR count). The smallest absolute Gasteiger partial charge is 0.161 e. The highest BCUT2D eigenvalue weighted by molar-refractivity contribution is 5.47. The minimum atomic E-state index is -2.46. The van der Waals surface area contributed by atoms with E-state index in [9.17, 15) is 5.26 Å². The van der Waals surface area contributed by atoms with Crippen LogP contribution in [0.2, 0.25) is 0 Å². The van der Waals surface area contributed by atoms with Gasteiger partial charge in [-0.2, -0.15) is 5.26 Å². The van der Waals surface area contributed by atoms with Crippen molar-refractivity contribution in [2.24, 2.45) is 5.92 Å². The van der Waals surface area contributed by atoms with Crippen LogP contribution in [0.4, 0.5) is 0 Å². The number of aryl methyl sites for hydroxylation is 1. The van der Waals surface area contributed by atoms with Gasteiger partial charge in [0.05, 0.1) is 44.0 Å². The molecule has 0 saturated carbocycles. The number of ether oxygens (including phenoxy) is 4. The number of likely N-dealkylation sites (N-methyl/N-ethyl adjacent to an activating group) is 1. The molecule has 2 aromatic carbocycles. The molecule has 0 spiro atoms. The van der Waals surface area contributed by atoms with Gasteiger partial charge in [-0.1, -0.05) is 26.0 Å². The highest BCUT2D eigenvalue weighted by Crippen LogP contribution is 2.40. The van der Waals surface area contributed by atoms with Crippen molar-refractivity contribution in [2.75, 3.05) is 48.5 Å². The number of hydrogen-bond donors (Lipinski definition) is 0. The second-order valence-corrected chi connectivity index (χ2v) is 7.89. The Labute approximate surface area is 208 Å². The number of methoxy groups -OCH3 is 4. The first-order valence-electron chi connectivity index (χ1n) is 14.2. The van der Waals surface area contributed by atoms with Crippen LogP contribution in [0.3, 0.4) is 0 Å². The van der Waals surface area contributed by atoms with Gasteiger partial charge in [-0.05, 0) is 74.1 Å². The third kappa shape index (κ3) is 6.33. The molecule has 0 amide bonds. The Kier molecular flexibility index (Phi) is 6.57. The number of rotatable bonds is 13. The Balaban J connectivity index is 2.42. The molecule has 33 heavy (non-hydrogen) atoms. The number of hydrogen-bond acceptors (Lipinski definition) is 6. The van der Waals surface area contributed by atoms with Crippen LogP contribution < -0.4 is 18.9 Å². The molecule has 6 heteroatoms. The Morgan fingerprint density at radius 1 is 1.03 bits per heavy atom. The fourth-order valence-electron chi connectivity index (χ4n) is 3.56. The first-order valence-corrected chi connectivity index (χ1v) is 10.7. The van der Waals surface area contributed by atoms with Gasteiger partial charge in [0.25, 0.3) is 0 Å². The van der Waals surface area contributed by atoms with E-state index in [4.69, 9.17) is 28.5 Å². The second kappa shape index (κ2) is 12.4. The predicted octanol–water partition coefficient (Wildman–Crippen LogP) is 5.09. The normalized spacial score (nSPS) is 16.8. The molecule has 0 heterocycles. The topological polar surface area (TPSA) is 64.0 Å². The number of benzene rings is 2. The highest BCUT2D eigenvalue weighted by atomic mass is 16.5. The SMILES string of the molecule is [2H]c1c([2H])c(C(C#N)(CCCN(C)C([2H])([2H])C([2H])([2H])c2ccc(OC)c(OC)c2)C(C)C)c([2H])c(OC)c1OC. The van der Waals surface area contributed by atoms with Crippen molar-refractivity contribution >= 4 is 0 Å². The van der Waals surface area contributed by atoms with Crippen LogP contribution >= 0.6 is 0 Å². The van der Waals surface area contributed by atoms with Gasteiger partial charge in [0.2, 0.25) is 0 Å². The van der Waals surface area contributed by atoms with E-state index >= 15 is 0 Å². The fraction of sp³-hybridized carbons (Fsp3) is 0.519. The highest BCUT2D eigenvalue weighted by Gasteiger charge is 2.36. The molecule has 0 N–H and O–H groups in total. The lowest BCUT2D eigenvalue weighted by Gasteiger charge is -2.32. The van der Waals surface area contributed by atoms with E-state index in [-0.39, 0.29) is 71.8 Å². The maximum atomic E-state index is 10.4. The van der Waals surface area contributed by atoms with E-state index in [2.05, 4.69) is 6.07 Å². The van der Waals surface area contributed by atoms with Gasteiger partial charge in [-0.25, -0.2) is 0 Å². The van der Waals surface area contributed by atoms with E-state index in [0.717, 1.165) is 0 Å². The molecular formula is C27H38N2O4. The van der Waals surface area contributed by atoms with E-state index in [1.54, 1.807) is 13.8 Å². The molecule has 0 radical (unpaired) electrons. The molecule has 0 fully saturated rings. The zero-order valence-corrected chi connectivity index (χ0v) is 20.5. The average Bonchev–Trinajstić information content (AvgIpc) is 2.92. The molecule has 1 atom stereocenters. The standard InChI is InChI=1S/C27H38N2O4/c1-20(2)27(19-28,22-10-12-24(31-5)26(18-22)33-7)14-8-15-29(3)16-13-21-9-11-23(30-4)25(17-21)32-6/h9-12,17-18,20H,8,13-16H2,1-7H3/i10D,12D,13D2,16D2,18D. The van der Waals surface area contributed by atoms with Crippen molar-refractivity contribution in [3.63, 3.8) is 0 Å². The number of nitrogens with zero attached hydrogens (tertiary/aromatic N) is 2. The Morgan fingerprint density at radius 3 is 2.27 bits per heavy atom. The van der Waals surface area contributed by atoms with E-state index in [0.29, 0.717) is 5.75 Å². The lowest BCUT2D eigenvalue weighted by atomic mass is 9.69. The monoisotopic (exact) mass is 461 g/mol. The Bertz CT molecular complexity index is 1250. The molecule has 0 saturated heterocycles. The zero-order valence-electron chi connectivity index (χ0n) is 27.5. The van der Waals surface area contributed by atoms with E-state index in [1.165, 1.54) is 58.6 Å². The van der Waals surface area contributed by atoms with Gasteiger partial charge in [0, 0.05) is 12.0 Å². The molecule has 0 bridgehead atoms. The maximum absolute atomic E-state index is 10.4. The summed E-state index contributed by atoms with van der Waals surface area (Å²) in [6.45, 7) is 1.19. The van der Waals surface area contributed by atoms with E-state index in [1.807, 2.05) is 0 Å². The quantitative estimate of drug-likeness (QED) is 0.414. The van der Waals surface area contributed by atoms with Crippen molar-refractivity contribution in [3.8, 4) is 29.1 Å². The molecule has 180 valence electrons. The van der Waals surface area contributed by atoms with Crippen molar-refractivity contribution in [1.29, 1.82) is 5.26 Å². The molecular weight excluding hydrogens is 416 g/mol. The first-order chi connectivity index (χ1) is 18.6. The van der Waals surface area contributed by atoms with Crippen LogP contribution in [0, 0.1) is 17.2 Å². The van der Waals surface area contributed by atoms with Crippen LogP contribution in [0.15, 0.2) is 36.3 Å². The van der Waals surface area contributed by atoms with Gasteiger partial charge in [0.1, 0.15) is 0 Å². The summed E-state index contributed by atoms with van der Waals surface area (Å²) >= 11 is 0. The van der Waals surface area contributed by atoms with Crippen LogP contribution in [0.1, 0.15) is 47.4 Å². The summed E-state index contributed by atoms with van der Waals surface area (Å²) in [4.78, 5) is 1.25. The summed E-state index contributed by atoms with van der Waals surface area (Å²) < 4.78 is 81.5.